The minimum atomic E-state index is -0.280. The lowest BCUT2D eigenvalue weighted by Crippen LogP contribution is -2.16. The van der Waals surface area contributed by atoms with Crippen LogP contribution in [0.5, 0.6) is 5.75 Å². The van der Waals surface area contributed by atoms with Crippen LogP contribution in [0.15, 0.2) is 59.4 Å². The molecule has 1 N–H and O–H groups in total. The molecular formula is C20H15N5O2. The van der Waals surface area contributed by atoms with Crippen molar-refractivity contribution in [3.8, 4) is 23.2 Å². The molecule has 4 rings (SSSR count). The summed E-state index contributed by atoms with van der Waals surface area (Å²) in [5, 5.41) is 12.2. The second kappa shape index (κ2) is 6.77. The fourth-order valence-corrected chi connectivity index (χ4v) is 2.78. The summed E-state index contributed by atoms with van der Waals surface area (Å²) in [6.07, 6.45) is 0. The van der Waals surface area contributed by atoms with Gasteiger partial charge in [0.1, 0.15) is 18.4 Å². The lowest BCUT2D eigenvalue weighted by molar-refractivity contribution is 0.300. The lowest BCUT2D eigenvalue weighted by atomic mass is 10.1. The maximum Gasteiger partial charge on any atom is 0.274 e. The average Bonchev–Trinajstić information content (AvgIpc) is 3.12. The van der Waals surface area contributed by atoms with Gasteiger partial charge in [-0.25, -0.2) is 4.98 Å². The predicted molar refractivity (Wildman–Crippen MR) is 99.3 cm³/mol. The molecule has 2 heterocycles. The summed E-state index contributed by atoms with van der Waals surface area (Å²) in [5.41, 5.74) is 2.33. The van der Waals surface area contributed by atoms with Gasteiger partial charge in [-0.15, -0.1) is 0 Å². The van der Waals surface area contributed by atoms with E-state index in [1.807, 2.05) is 49.4 Å². The van der Waals surface area contributed by atoms with E-state index in [4.69, 9.17) is 4.74 Å². The van der Waals surface area contributed by atoms with Crippen molar-refractivity contribution in [2.45, 2.75) is 13.5 Å². The summed E-state index contributed by atoms with van der Waals surface area (Å²) in [5.74, 6) is 1.29. The van der Waals surface area contributed by atoms with Crippen molar-refractivity contribution < 1.29 is 4.74 Å². The Balaban J connectivity index is 1.65. The molecule has 0 radical (unpaired) electrons. The topological polar surface area (TPSA) is 96.1 Å². The molecule has 7 nitrogen and oxygen atoms in total. The van der Waals surface area contributed by atoms with Crippen LogP contribution < -0.4 is 10.3 Å². The Labute approximate surface area is 154 Å². The maximum absolute atomic E-state index is 12.4. The molecule has 0 saturated heterocycles. The zero-order chi connectivity index (χ0) is 18.8. The standard InChI is InChI=1S/C20H15N5O2/c1-13-6-5-9-17(16(13)11-21)27-12-15-10-18(26)25-20(22-15)23-19(24-25)14-7-3-2-4-8-14/h2-10H,12H2,1H3,(H,22,23,24). The molecule has 0 aliphatic carbocycles. The van der Waals surface area contributed by atoms with Crippen LogP contribution in [0.3, 0.4) is 0 Å². The molecule has 0 fully saturated rings. The molecule has 2 aromatic heterocycles. The molecule has 0 bridgehead atoms. The highest BCUT2D eigenvalue weighted by molar-refractivity contribution is 5.56. The molecule has 132 valence electrons. The second-order valence-corrected chi connectivity index (χ2v) is 6.01. The van der Waals surface area contributed by atoms with Crippen LogP contribution in [0.1, 0.15) is 16.8 Å². The fraction of sp³-hybridized carbons (Fsp3) is 0.100. The van der Waals surface area contributed by atoms with Crippen LogP contribution in [0.4, 0.5) is 0 Å². The number of nitrogens with one attached hydrogen (secondary N) is 1. The van der Waals surface area contributed by atoms with E-state index in [0.29, 0.717) is 22.8 Å². The molecule has 2 aromatic carbocycles. The predicted octanol–water partition coefficient (Wildman–Crippen LogP) is 2.84. The SMILES string of the molecule is Cc1cccc(OCc2cc(=O)n3[nH]c(-c4ccccc4)nc3n2)c1C#N. The minimum Gasteiger partial charge on any atom is -0.486 e. The summed E-state index contributed by atoms with van der Waals surface area (Å²) < 4.78 is 7.01. The quantitative estimate of drug-likeness (QED) is 0.606. The summed E-state index contributed by atoms with van der Waals surface area (Å²) in [6.45, 7) is 1.91. The first-order valence-electron chi connectivity index (χ1n) is 8.32. The number of H-pyrrole nitrogens is 1. The fourth-order valence-electron chi connectivity index (χ4n) is 2.78. The molecule has 0 spiro atoms. The van der Waals surface area contributed by atoms with E-state index >= 15 is 0 Å². The van der Waals surface area contributed by atoms with Gasteiger partial charge in [-0.2, -0.15) is 14.8 Å². The number of aryl methyl sites for hydroxylation is 1. The van der Waals surface area contributed by atoms with Gasteiger partial charge in [0.2, 0.25) is 0 Å². The van der Waals surface area contributed by atoms with Crippen LogP contribution in [-0.4, -0.2) is 19.6 Å². The third kappa shape index (κ3) is 3.16. The number of nitrogens with zero attached hydrogens (tertiary/aromatic N) is 4. The van der Waals surface area contributed by atoms with Crippen LogP contribution in [0.25, 0.3) is 17.2 Å². The van der Waals surface area contributed by atoms with Gasteiger partial charge in [0.15, 0.2) is 5.82 Å². The van der Waals surface area contributed by atoms with E-state index in [9.17, 15) is 10.1 Å². The van der Waals surface area contributed by atoms with Gasteiger partial charge >= 0.3 is 0 Å². The van der Waals surface area contributed by atoms with Crippen molar-refractivity contribution in [1.82, 2.24) is 19.6 Å². The lowest BCUT2D eigenvalue weighted by Gasteiger charge is -2.08. The molecule has 0 aliphatic heterocycles. The van der Waals surface area contributed by atoms with E-state index in [-0.39, 0.29) is 17.9 Å². The van der Waals surface area contributed by atoms with E-state index in [1.54, 1.807) is 6.07 Å². The number of nitriles is 1. The van der Waals surface area contributed by atoms with Gasteiger partial charge in [0, 0.05) is 11.6 Å². The molecule has 0 aliphatic rings. The Morgan fingerprint density at radius 1 is 1.15 bits per heavy atom. The van der Waals surface area contributed by atoms with E-state index in [1.165, 1.54) is 10.6 Å². The number of hydrogen-bond donors (Lipinski definition) is 1. The highest BCUT2D eigenvalue weighted by atomic mass is 16.5. The van der Waals surface area contributed by atoms with Crippen molar-refractivity contribution in [3.63, 3.8) is 0 Å². The van der Waals surface area contributed by atoms with E-state index < -0.39 is 0 Å². The minimum absolute atomic E-state index is 0.0669. The Hall–Kier alpha value is -3.92. The highest BCUT2D eigenvalue weighted by Crippen LogP contribution is 2.21. The number of ether oxygens (including phenoxy) is 1. The molecular weight excluding hydrogens is 342 g/mol. The summed E-state index contributed by atoms with van der Waals surface area (Å²) in [6, 6.07) is 18.4. The molecule has 0 amide bonds. The highest BCUT2D eigenvalue weighted by Gasteiger charge is 2.11. The molecule has 0 unspecified atom stereocenters. The first kappa shape index (κ1) is 16.5. The Morgan fingerprint density at radius 2 is 1.96 bits per heavy atom. The first-order chi connectivity index (χ1) is 13.2. The van der Waals surface area contributed by atoms with Gasteiger partial charge in [-0.3, -0.25) is 9.89 Å². The zero-order valence-corrected chi connectivity index (χ0v) is 14.5. The van der Waals surface area contributed by atoms with E-state index in [0.717, 1.165) is 11.1 Å². The zero-order valence-electron chi connectivity index (χ0n) is 14.5. The van der Waals surface area contributed by atoms with Gasteiger partial charge < -0.3 is 4.74 Å². The normalized spacial score (nSPS) is 10.7. The third-order valence-corrected chi connectivity index (χ3v) is 4.15. The van der Waals surface area contributed by atoms with Crippen molar-refractivity contribution in [3.05, 3.63) is 81.8 Å². The monoisotopic (exact) mass is 357 g/mol. The number of aromatic amines is 1. The van der Waals surface area contributed by atoms with Gasteiger partial charge in [-0.1, -0.05) is 42.5 Å². The summed E-state index contributed by atoms with van der Waals surface area (Å²) in [4.78, 5) is 21.2. The van der Waals surface area contributed by atoms with Crippen LogP contribution >= 0.6 is 0 Å². The van der Waals surface area contributed by atoms with Crippen molar-refractivity contribution in [2.24, 2.45) is 0 Å². The summed E-state index contributed by atoms with van der Waals surface area (Å²) in [7, 11) is 0. The average molecular weight is 357 g/mol. The van der Waals surface area contributed by atoms with Gasteiger partial charge in [-0.05, 0) is 18.6 Å². The first-order valence-corrected chi connectivity index (χ1v) is 8.32. The van der Waals surface area contributed by atoms with Gasteiger partial charge in [0.25, 0.3) is 11.3 Å². The van der Waals surface area contributed by atoms with Crippen LogP contribution in [0.2, 0.25) is 0 Å². The number of rotatable bonds is 4. The maximum atomic E-state index is 12.4. The van der Waals surface area contributed by atoms with Crippen molar-refractivity contribution >= 4 is 5.78 Å². The number of fused-ring (bicyclic) bond motifs is 1. The molecule has 0 atom stereocenters. The number of hydrogen-bond acceptors (Lipinski definition) is 5. The van der Waals surface area contributed by atoms with Crippen LogP contribution in [0, 0.1) is 18.3 Å². The Bertz CT molecular complexity index is 1220. The third-order valence-electron chi connectivity index (χ3n) is 4.15. The largest absolute Gasteiger partial charge is 0.486 e. The second-order valence-electron chi connectivity index (χ2n) is 6.01. The molecule has 7 heteroatoms. The van der Waals surface area contributed by atoms with Crippen molar-refractivity contribution in [2.75, 3.05) is 0 Å². The van der Waals surface area contributed by atoms with Crippen molar-refractivity contribution in [1.29, 1.82) is 5.26 Å². The van der Waals surface area contributed by atoms with Gasteiger partial charge in [0.05, 0.1) is 11.3 Å². The smallest absolute Gasteiger partial charge is 0.274 e. The molecule has 27 heavy (non-hydrogen) atoms. The molecule has 0 saturated carbocycles. The summed E-state index contributed by atoms with van der Waals surface area (Å²) >= 11 is 0. The molecule has 4 aromatic rings. The Kier molecular flexibility index (Phi) is 4.15. The van der Waals surface area contributed by atoms with Crippen LogP contribution in [-0.2, 0) is 6.61 Å². The Morgan fingerprint density at radius 3 is 2.74 bits per heavy atom. The number of benzene rings is 2. The van der Waals surface area contributed by atoms with E-state index in [2.05, 4.69) is 21.1 Å². The number of aromatic nitrogens is 4.